The van der Waals surface area contributed by atoms with Crippen molar-refractivity contribution >= 4 is 34.4 Å². The van der Waals surface area contributed by atoms with Crippen molar-refractivity contribution in [1.29, 1.82) is 0 Å². The van der Waals surface area contributed by atoms with Crippen LogP contribution in [0.1, 0.15) is 11.1 Å². The zero-order chi connectivity index (χ0) is 16.7. The van der Waals surface area contributed by atoms with Crippen molar-refractivity contribution in [3.8, 4) is 0 Å². The van der Waals surface area contributed by atoms with Crippen molar-refractivity contribution in [3.63, 3.8) is 0 Å². The number of carboxylic acid groups (broad SMARTS) is 1. The highest BCUT2D eigenvalue weighted by Gasteiger charge is 2.22. The number of methoxy groups -OCH3 is 1. The second kappa shape index (κ2) is 8.55. The number of rotatable bonds is 7. The van der Waals surface area contributed by atoms with Crippen LogP contribution < -0.4 is 4.90 Å². The maximum absolute atomic E-state index is 12.3. The van der Waals surface area contributed by atoms with Crippen LogP contribution in [0.5, 0.6) is 0 Å². The van der Waals surface area contributed by atoms with E-state index in [2.05, 4.69) is 0 Å². The van der Waals surface area contributed by atoms with Gasteiger partial charge in [0.2, 0.25) is 11.0 Å². The van der Waals surface area contributed by atoms with E-state index in [0.717, 1.165) is 22.9 Å². The van der Waals surface area contributed by atoms with Gasteiger partial charge in [-0.2, -0.15) is 0 Å². The highest BCUT2D eigenvalue weighted by Crippen LogP contribution is 2.25. The van der Waals surface area contributed by atoms with E-state index in [9.17, 15) is 14.4 Å². The fourth-order valence-electron chi connectivity index (χ4n) is 2.04. The Morgan fingerprint density at radius 3 is 2.32 bits per heavy atom. The molecule has 0 aliphatic carbocycles. The molecule has 7 heteroatoms. The van der Waals surface area contributed by atoms with E-state index >= 15 is 0 Å². The quantitative estimate of drug-likeness (QED) is 0.820. The van der Waals surface area contributed by atoms with Crippen LogP contribution in [0.4, 0.5) is 5.69 Å². The summed E-state index contributed by atoms with van der Waals surface area (Å²) in [5, 5.41) is 8.78. The van der Waals surface area contributed by atoms with Crippen LogP contribution in [0.3, 0.4) is 0 Å². The summed E-state index contributed by atoms with van der Waals surface area (Å²) >= 11 is 0.823. The van der Waals surface area contributed by atoms with Gasteiger partial charge in [0, 0.05) is 7.11 Å². The predicted molar refractivity (Wildman–Crippen MR) is 85.2 cm³/mol. The minimum Gasteiger partial charge on any atom is -0.480 e. The molecule has 22 heavy (non-hydrogen) atoms. The van der Waals surface area contributed by atoms with Gasteiger partial charge in [-0.3, -0.25) is 19.3 Å². The number of thioether (sulfide) groups is 1. The molecule has 1 aromatic carbocycles. The number of aliphatic carboxylic acids is 1. The molecular formula is C15H19NO5S. The summed E-state index contributed by atoms with van der Waals surface area (Å²) in [5.41, 5.74) is 2.19. The Labute approximate surface area is 133 Å². The molecule has 0 heterocycles. The maximum Gasteiger partial charge on any atom is 0.323 e. The molecule has 0 spiro atoms. The molecule has 1 amide bonds. The first-order valence-corrected chi connectivity index (χ1v) is 7.58. The van der Waals surface area contributed by atoms with Crippen molar-refractivity contribution in [2.24, 2.45) is 0 Å². The number of hydrogen-bond acceptors (Lipinski definition) is 5. The molecule has 0 saturated heterocycles. The standard InChI is InChI=1S/C15H19NO5S/c1-10-5-4-6-11(2)15(10)16(7-13(18)19)12(17)9-22-14(20)8-21-3/h4-6H,7-9H2,1-3H3,(H,18,19). The molecule has 0 aliphatic rings. The van der Waals surface area contributed by atoms with Gasteiger partial charge in [0.25, 0.3) is 0 Å². The molecule has 0 aliphatic heterocycles. The molecule has 0 bridgehead atoms. The van der Waals surface area contributed by atoms with E-state index in [1.807, 2.05) is 32.0 Å². The first-order chi connectivity index (χ1) is 10.4. The minimum absolute atomic E-state index is 0.0831. The van der Waals surface area contributed by atoms with E-state index in [-0.39, 0.29) is 17.5 Å². The highest BCUT2D eigenvalue weighted by molar-refractivity contribution is 8.14. The molecule has 1 N–H and O–H groups in total. The van der Waals surface area contributed by atoms with Crippen LogP contribution in [0.15, 0.2) is 18.2 Å². The molecule has 6 nitrogen and oxygen atoms in total. The number of carboxylic acids is 1. The predicted octanol–water partition coefficient (Wildman–Crippen LogP) is 1.63. The number of carbonyl (C=O) groups excluding carboxylic acids is 2. The normalized spacial score (nSPS) is 10.3. The van der Waals surface area contributed by atoms with E-state index in [1.54, 1.807) is 0 Å². The van der Waals surface area contributed by atoms with Crippen LogP contribution >= 0.6 is 11.8 Å². The van der Waals surface area contributed by atoms with E-state index in [1.165, 1.54) is 12.0 Å². The van der Waals surface area contributed by atoms with Gasteiger partial charge in [-0.1, -0.05) is 30.0 Å². The summed E-state index contributed by atoms with van der Waals surface area (Å²) in [6, 6.07) is 5.47. The zero-order valence-corrected chi connectivity index (χ0v) is 13.6. The lowest BCUT2D eigenvalue weighted by atomic mass is 10.1. The maximum atomic E-state index is 12.3. The third kappa shape index (κ3) is 5.16. The summed E-state index contributed by atoms with van der Waals surface area (Å²) in [6.45, 7) is 3.10. The number of carbonyl (C=O) groups is 3. The lowest BCUT2D eigenvalue weighted by Gasteiger charge is -2.24. The highest BCUT2D eigenvalue weighted by atomic mass is 32.2. The number of aryl methyl sites for hydroxylation is 2. The number of ether oxygens (including phenoxy) is 1. The number of benzene rings is 1. The average Bonchev–Trinajstić information content (AvgIpc) is 2.43. The lowest BCUT2D eigenvalue weighted by molar-refractivity contribution is -0.136. The van der Waals surface area contributed by atoms with Gasteiger partial charge in [0.05, 0.1) is 11.4 Å². The smallest absolute Gasteiger partial charge is 0.323 e. The molecular weight excluding hydrogens is 306 g/mol. The Balaban J connectivity index is 2.96. The van der Waals surface area contributed by atoms with Gasteiger partial charge in [-0.25, -0.2) is 0 Å². The summed E-state index contributed by atoms with van der Waals surface area (Å²) < 4.78 is 4.69. The summed E-state index contributed by atoms with van der Waals surface area (Å²) in [4.78, 5) is 36.0. The van der Waals surface area contributed by atoms with Crippen LogP contribution in [-0.4, -0.2) is 48.1 Å². The third-order valence-corrected chi connectivity index (χ3v) is 3.75. The van der Waals surface area contributed by atoms with Crippen LogP contribution in [0.25, 0.3) is 0 Å². The van der Waals surface area contributed by atoms with Crippen LogP contribution in [0.2, 0.25) is 0 Å². The van der Waals surface area contributed by atoms with Gasteiger partial charge in [0.15, 0.2) is 0 Å². The van der Waals surface area contributed by atoms with Gasteiger partial charge in [-0.15, -0.1) is 0 Å². The number of anilines is 1. The van der Waals surface area contributed by atoms with Crippen molar-refractivity contribution in [2.45, 2.75) is 13.8 Å². The van der Waals surface area contributed by atoms with Crippen LogP contribution in [0, 0.1) is 13.8 Å². The lowest BCUT2D eigenvalue weighted by Crippen LogP contribution is -2.38. The van der Waals surface area contributed by atoms with Crippen molar-refractivity contribution in [2.75, 3.05) is 30.9 Å². The van der Waals surface area contributed by atoms with Crippen molar-refractivity contribution < 1.29 is 24.2 Å². The van der Waals surface area contributed by atoms with E-state index in [4.69, 9.17) is 9.84 Å². The van der Waals surface area contributed by atoms with E-state index in [0.29, 0.717) is 5.69 Å². The van der Waals surface area contributed by atoms with Crippen molar-refractivity contribution in [1.82, 2.24) is 0 Å². The average molecular weight is 325 g/mol. The fraction of sp³-hybridized carbons (Fsp3) is 0.400. The van der Waals surface area contributed by atoms with Gasteiger partial charge in [-0.05, 0) is 25.0 Å². The fourth-order valence-corrected chi connectivity index (χ4v) is 2.68. The monoisotopic (exact) mass is 325 g/mol. The largest absolute Gasteiger partial charge is 0.480 e. The second-order valence-corrected chi connectivity index (χ2v) is 5.74. The van der Waals surface area contributed by atoms with Gasteiger partial charge >= 0.3 is 5.97 Å². The van der Waals surface area contributed by atoms with Gasteiger partial charge in [0.1, 0.15) is 13.2 Å². The summed E-state index contributed by atoms with van der Waals surface area (Å²) in [7, 11) is 1.40. The molecule has 0 radical (unpaired) electrons. The number of para-hydroxylation sites is 1. The number of nitrogens with zero attached hydrogens (tertiary/aromatic N) is 1. The Kier molecular flexibility index (Phi) is 7.07. The minimum atomic E-state index is -1.11. The SMILES string of the molecule is COCC(=O)SCC(=O)N(CC(=O)O)c1c(C)cccc1C. The molecule has 0 aromatic heterocycles. The molecule has 0 fully saturated rings. The van der Waals surface area contributed by atoms with Crippen molar-refractivity contribution in [3.05, 3.63) is 29.3 Å². The Bertz CT molecular complexity index is 553. The number of hydrogen-bond donors (Lipinski definition) is 1. The van der Waals surface area contributed by atoms with Gasteiger partial charge < -0.3 is 9.84 Å². The molecule has 120 valence electrons. The number of amides is 1. The Hall–Kier alpha value is -1.86. The molecule has 0 saturated carbocycles. The molecule has 1 rings (SSSR count). The Morgan fingerprint density at radius 1 is 1.23 bits per heavy atom. The summed E-state index contributed by atoms with van der Waals surface area (Å²) in [5.74, 6) is -1.65. The third-order valence-electron chi connectivity index (χ3n) is 2.92. The Morgan fingerprint density at radius 2 is 1.82 bits per heavy atom. The zero-order valence-electron chi connectivity index (χ0n) is 12.8. The first-order valence-electron chi connectivity index (χ1n) is 6.59. The first kappa shape index (κ1) is 18.2. The van der Waals surface area contributed by atoms with E-state index < -0.39 is 18.4 Å². The molecule has 1 aromatic rings. The topological polar surface area (TPSA) is 83.9 Å². The van der Waals surface area contributed by atoms with Crippen LogP contribution in [-0.2, 0) is 19.1 Å². The molecule has 0 atom stereocenters. The summed E-state index contributed by atoms with van der Waals surface area (Å²) in [6.07, 6.45) is 0. The molecule has 0 unspecified atom stereocenters. The second-order valence-electron chi connectivity index (χ2n) is 4.71.